The van der Waals surface area contributed by atoms with Crippen LogP contribution in [-0.2, 0) is 11.3 Å². The second-order valence-corrected chi connectivity index (χ2v) is 9.66. The number of fused-ring (bicyclic) bond motifs is 2. The van der Waals surface area contributed by atoms with E-state index in [1.165, 1.54) is 37.6 Å². The molecule has 42 heavy (non-hydrogen) atoms. The van der Waals surface area contributed by atoms with Crippen LogP contribution in [0.5, 0.6) is 11.5 Å². The maximum absolute atomic E-state index is 15.4. The van der Waals surface area contributed by atoms with Gasteiger partial charge in [0.2, 0.25) is 0 Å². The Bertz CT molecular complexity index is 1810. The summed E-state index contributed by atoms with van der Waals surface area (Å²) in [5, 5.41) is 6.41. The molecule has 1 aromatic heterocycles. The summed E-state index contributed by atoms with van der Waals surface area (Å²) in [6, 6.07) is 23.2. The van der Waals surface area contributed by atoms with Gasteiger partial charge in [-0.2, -0.15) is 0 Å². The Labute approximate surface area is 240 Å². The van der Waals surface area contributed by atoms with Crippen molar-refractivity contribution in [2.75, 3.05) is 24.9 Å². The molecule has 0 saturated carbocycles. The SMILES string of the molecule is COc1cc2ncnc(Nc3ccc(NC(=O)C(c4ccccc4)N4Cc5ccccc5C4=O)cc3F)c2cc1OC. The lowest BCUT2D eigenvalue weighted by Crippen LogP contribution is -2.37. The van der Waals surface area contributed by atoms with Crippen LogP contribution in [0.3, 0.4) is 0 Å². The van der Waals surface area contributed by atoms with Crippen LogP contribution in [0.4, 0.5) is 21.6 Å². The van der Waals surface area contributed by atoms with Gasteiger partial charge in [-0.3, -0.25) is 9.59 Å². The van der Waals surface area contributed by atoms with E-state index in [1.54, 1.807) is 42.5 Å². The van der Waals surface area contributed by atoms with Gasteiger partial charge < -0.3 is 25.0 Å². The number of carbonyl (C=O) groups excluding carboxylic acids is 2. The Balaban J connectivity index is 1.26. The number of methoxy groups -OCH3 is 2. The van der Waals surface area contributed by atoms with Crippen LogP contribution in [0.1, 0.15) is 27.5 Å². The normalized spacial score (nSPS) is 13.0. The number of halogens is 1. The molecule has 10 heteroatoms. The maximum atomic E-state index is 15.4. The van der Waals surface area contributed by atoms with Crippen LogP contribution in [0.15, 0.2) is 91.3 Å². The number of ether oxygens (including phenoxy) is 2. The van der Waals surface area contributed by atoms with Crippen LogP contribution in [-0.4, -0.2) is 40.9 Å². The summed E-state index contributed by atoms with van der Waals surface area (Å²) in [6.45, 7) is 0.294. The van der Waals surface area contributed by atoms with E-state index in [9.17, 15) is 9.59 Å². The summed E-state index contributed by atoms with van der Waals surface area (Å²) in [4.78, 5) is 37.0. The fourth-order valence-corrected chi connectivity index (χ4v) is 5.11. The standard InChI is InChI=1S/C32H26FN5O4/c1-41-27-15-23-26(16-28(27)42-2)34-18-35-30(23)37-25-13-12-21(14-24(25)33)36-31(39)29(19-8-4-3-5-9-19)38-17-20-10-6-7-11-22(20)32(38)40/h3-16,18,29H,17H2,1-2H3,(H,36,39)(H,34,35,37). The molecule has 0 bridgehead atoms. The second kappa shape index (κ2) is 11.2. The number of rotatable bonds is 8. The van der Waals surface area contributed by atoms with E-state index in [0.717, 1.165) is 5.56 Å². The topological polar surface area (TPSA) is 106 Å². The van der Waals surface area contributed by atoms with Gasteiger partial charge in [0, 0.05) is 29.2 Å². The smallest absolute Gasteiger partial charge is 0.255 e. The first-order chi connectivity index (χ1) is 20.5. The van der Waals surface area contributed by atoms with Crippen LogP contribution >= 0.6 is 0 Å². The molecule has 1 atom stereocenters. The molecule has 4 aromatic carbocycles. The Kier molecular flexibility index (Phi) is 7.10. The number of hydrogen-bond donors (Lipinski definition) is 2. The second-order valence-electron chi connectivity index (χ2n) is 9.66. The lowest BCUT2D eigenvalue weighted by atomic mass is 10.0. The van der Waals surface area contributed by atoms with Crippen LogP contribution in [0.25, 0.3) is 10.9 Å². The largest absolute Gasteiger partial charge is 0.493 e. The highest BCUT2D eigenvalue weighted by Crippen LogP contribution is 2.36. The summed E-state index contributed by atoms with van der Waals surface area (Å²) in [5.41, 5.74) is 3.05. The highest BCUT2D eigenvalue weighted by molar-refractivity contribution is 6.04. The molecule has 1 aliphatic heterocycles. The maximum Gasteiger partial charge on any atom is 0.255 e. The van der Waals surface area contributed by atoms with Crippen molar-refractivity contribution >= 4 is 39.9 Å². The van der Waals surface area contributed by atoms with Crippen molar-refractivity contribution in [3.63, 3.8) is 0 Å². The molecule has 0 aliphatic carbocycles. The summed E-state index contributed by atoms with van der Waals surface area (Å²) in [5.74, 6) is 0.0639. The number of hydrogen-bond acceptors (Lipinski definition) is 7. The number of nitrogens with one attached hydrogen (secondary N) is 2. The van der Waals surface area contributed by atoms with Gasteiger partial charge in [-0.25, -0.2) is 14.4 Å². The number of benzene rings is 4. The van der Waals surface area contributed by atoms with E-state index in [0.29, 0.717) is 45.9 Å². The third-order valence-electron chi connectivity index (χ3n) is 7.15. The Morgan fingerprint density at radius 1 is 0.929 bits per heavy atom. The zero-order valence-electron chi connectivity index (χ0n) is 22.8. The summed E-state index contributed by atoms with van der Waals surface area (Å²) in [7, 11) is 3.05. The Morgan fingerprint density at radius 2 is 1.67 bits per heavy atom. The lowest BCUT2D eigenvalue weighted by Gasteiger charge is -2.27. The van der Waals surface area contributed by atoms with Crippen molar-refractivity contribution in [1.82, 2.24) is 14.9 Å². The van der Waals surface area contributed by atoms with Gasteiger partial charge in [-0.15, -0.1) is 0 Å². The van der Waals surface area contributed by atoms with E-state index in [-0.39, 0.29) is 17.3 Å². The van der Waals surface area contributed by atoms with E-state index < -0.39 is 17.8 Å². The van der Waals surface area contributed by atoms with Crippen molar-refractivity contribution in [3.05, 3.63) is 114 Å². The minimum Gasteiger partial charge on any atom is -0.493 e. The fraction of sp³-hybridized carbons (Fsp3) is 0.125. The van der Waals surface area contributed by atoms with Gasteiger partial charge >= 0.3 is 0 Å². The van der Waals surface area contributed by atoms with Crippen LogP contribution in [0.2, 0.25) is 0 Å². The first-order valence-electron chi connectivity index (χ1n) is 13.1. The first kappa shape index (κ1) is 26.7. The van der Waals surface area contributed by atoms with Gasteiger partial charge in [-0.05, 0) is 41.5 Å². The van der Waals surface area contributed by atoms with E-state index in [2.05, 4.69) is 20.6 Å². The molecular weight excluding hydrogens is 537 g/mol. The number of anilines is 3. The van der Waals surface area contributed by atoms with Crippen LogP contribution < -0.4 is 20.1 Å². The molecule has 0 saturated heterocycles. The van der Waals surface area contributed by atoms with Gasteiger partial charge in [0.1, 0.15) is 24.0 Å². The Hall–Kier alpha value is -5.51. The molecule has 2 N–H and O–H groups in total. The highest BCUT2D eigenvalue weighted by Gasteiger charge is 2.37. The molecule has 6 rings (SSSR count). The summed E-state index contributed by atoms with van der Waals surface area (Å²) in [6.07, 6.45) is 1.37. The number of amides is 2. The predicted octanol–water partition coefficient (Wildman–Crippen LogP) is 5.87. The monoisotopic (exact) mass is 563 g/mol. The van der Waals surface area contributed by atoms with Gasteiger partial charge in [0.25, 0.3) is 11.8 Å². The average Bonchev–Trinajstić information content (AvgIpc) is 3.34. The molecule has 9 nitrogen and oxygen atoms in total. The van der Waals surface area contributed by atoms with Gasteiger partial charge in [0.15, 0.2) is 11.5 Å². The van der Waals surface area contributed by atoms with Crippen molar-refractivity contribution in [2.24, 2.45) is 0 Å². The molecule has 5 aromatic rings. The minimum absolute atomic E-state index is 0.146. The third kappa shape index (κ3) is 4.94. The van der Waals surface area contributed by atoms with E-state index in [4.69, 9.17) is 9.47 Å². The molecule has 1 aliphatic rings. The van der Waals surface area contributed by atoms with Gasteiger partial charge in [0.05, 0.1) is 25.4 Å². The van der Waals surface area contributed by atoms with Crippen LogP contribution in [0, 0.1) is 5.82 Å². The summed E-state index contributed by atoms with van der Waals surface area (Å²) >= 11 is 0. The number of nitrogens with zero attached hydrogens (tertiary/aromatic N) is 3. The molecule has 2 amide bonds. The molecule has 210 valence electrons. The Morgan fingerprint density at radius 3 is 2.40 bits per heavy atom. The lowest BCUT2D eigenvalue weighted by molar-refractivity contribution is -0.120. The quantitative estimate of drug-likeness (QED) is 0.243. The zero-order chi connectivity index (χ0) is 29.2. The number of aromatic nitrogens is 2. The first-order valence-corrected chi connectivity index (χ1v) is 13.1. The molecule has 0 spiro atoms. The highest BCUT2D eigenvalue weighted by atomic mass is 19.1. The van der Waals surface area contributed by atoms with Crippen molar-refractivity contribution in [2.45, 2.75) is 12.6 Å². The molecule has 0 radical (unpaired) electrons. The van der Waals surface area contributed by atoms with E-state index >= 15 is 4.39 Å². The predicted molar refractivity (Wildman–Crippen MR) is 156 cm³/mol. The third-order valence-corrected chi connectivity index (χ3v) is 7.15. The average molecular weight is 564 g/mol. The van der Waals surface area contributed by atoms with Crippen molar-refractivity contribution in [3.8, 4) is 11.5 Å². The zero-order valence-corrected chi connectivity index (χ0v) is 22.8. The molecular formula is C32H26FN5O4. The number of carbonyl (C=O) groups is 2. The summed E-state index contributed by atoms with van der Waals surface area (Å²) < 4.78 is 26.1. The van der Waals surface area contributed by atoms with Crippen molar-refractivity contribution < 1.29 is 23.5 Å². The molecule has 0 fully saturated rings. The molecule has 1 unspecified atom stereocenters. The minimum atomic E-state index is -0.911. The fourth-order valence-electron chi connectivity index (χ4n) is 5.11. The van der Waals surface area contributed by atoms with E-state index in [1.807, 2.05) is 30.3 Å². The van der Waals surface area contributed by atoms with Gasteiger partial charge in [-0.1, -0.05) is 48.5 Å². The van der Waals surface area contributed by atoms with Crippen molar-refractivity contribution in [1.29, 1.82) is 0 Å². The molecule has 2 heterocycles.